The second-order valence-electron chi connectivity index (χ2n) is 6.11. The number of aryl methyl sites for hydroxylation is 1. The molecule has 0 bridgehead atoms. The number of thioether (sulfide) groups is 1. The van der Waals surface area contributed by atoms with E-state index in [0.717, 1.165) is 5.56 Å². The van der Waals surface area contributed by atoms with E-state index in [1.807, 2.05) is 43.5 Å². The molecule has 0 saturated heterocycles. The van der Waals surface area contributed by atoms with Crippen molar-refractivity contribution in [2.45, 2.75) is 18.1 Å². The highest BCUT2D eigenvalue weighted by Gasteiger charge is 2.27. The van der Waals surface area contributed by atoms with Gasteiger partial charge in [0.1, 0.15) is 5.03 Å². The SMILES string of the molecule is CSc1ncccc1C(=O)O[C@H](C(=O)Nc1ccc(C)cc1)c1ccccc1. The lowest BCUT2D eigenvalue weighted by molar-refractivity contribution is -0.125. The van der Waals surface area contributed by atoms with Crippen molar-refractivity contribution < 1.29 is 14.3 Å². The van der Waals surface area contributed by atoms with E-state index in [2.05, 4.69) is 10.3 Å². The van der Waals surface area contributed by atoms with Crippen molar-refractivity contribution in [1.29, 1.82) is 0 Å². The molecule has 0 aliphatic heterocycles. The summed E-state index contributed by atoms with van der Waals surface area (Å²) in [6, 6.07) is 19.7. The molecule has 3 aromatic rings. The van der Waals surface area contributed by atoms with E-state index in [0.29, 0.717) is 21.8 Å². The molecule has 2 aromatic carbocycles. The van der Waals surface area contributed by atoms with Crippen LogP contribution in [0.4, 0.5) is 5.69 Å². The average Bonchev–Trinajstić information content (AvgIpc) is 2.74. The first-order valence-electron chi connectivity index (χ1n) is 8.71. The summed E-state index contributed by atoms with van der Waals surface area (Å²) in [6.45, 7) is 1.97. The molecule has 1 heterocycles. The molecule has 142 valence electrons. The maximum Gasteiger partial charge on any atom is 0.342 e. The van der Waals surface area contributed by atoms with Gasteiger partial charge in [-0.3, -0.25) is 4.79 Å². The summed E-state index contributed by atoms with van der Waals surface area (Å²) in [6.07, 6.45) is 2.36. The van der Waals surface area contributed by atoms with Gasteiger partial charge in [0.15, 0.2) is 0 Å². The number of rotatable bonds is 6. The number of ether oxygens (including phenoxy) is 1. The number of nitrogens with zero attached hydrogens (tertiary/aromatic N) is 1. The molecule has 1 amide bonds. The Kier molecular flexibility index (Phi) is 6.45. The predicted molar refractivity (Wildman–Crippen MR) is 110 cm³/mol. The molecule has 1 atom stereocenters. The Balaban J connectivity index is 1.86. The summed E-state index contributed by atoms with van der Waals surface area (Å²) in [7, 11) is 0. The van der Waals surface area contributed by atoms with Crippen LogP contribution in [0.3, 0.4) is 0 Å². The molecule has 28 heavy (non-hydrogen) atoms. The summed E-state index contributed by atoms with van der Waals surface area (Å²) in [5.74, 6) is -1.01. The number of carbonyl (C=O) groups is 2. The molecule has 0 saturated carbocycles. The number of esters is 1. The van der Waals surface area contributed by atoms with Crippen molar-refractivity contribution in [3.05, 3.63) is 89.6 Å². The number of anilines is 1. The fourth-order valence-electron chi connectivity index (χ4n) is 2.62. The van der Waals surface area contributed by atoms with Gasteiger partial charge in [0.05, 0.1) is 5.56 Å². The third kappa shape index (κ3) is 4.78. The highest BCUT2D eigenvalue weighted by molar-refractivity contribution is 7.98. The Labute approximate surface area is 168 Å². The first kappa shape index (κ1) is 19.6. The van der Waals surface area contributed by atoms with Crippen LogP contribution in [0.15, 0.2) is 78.0 Å². The lowest BCUT2D eigenvalue weighted by Crippen LogP contribution is -2.26. The Hall–Kier alpha value is -3.12. The predicted octanol–water partition coefficient (Wildman–Crippen LogP) is 4.65. The first-order valence-corrected chi connectivity index (χ1v) is 9.93. The monoisotopic (exact) mass is 392 g/mol. The van der Waals surface area contributed by atoms with Crippen molar-refractivity contribution in [3.8, 4) is 0 Å². The number of benzene rings is 2. The smallest absolute Gasteiger partial charge is 0.342 e. The molecule has 5 nitrogen and oxygen atoms in total. The van der Waals surface area contributed by atoms with E-state index in [9.17, 15) is 9.59 Å². The second kappa shape index (κ2) is 9.19. The number of hydrogen-bond acceptors (Lipinski definition) is 5. The van der Waals surface area contributed by atoms with Crippen molar-refractivity contribution in [3.63, 3.8) is 0 Å². The van der Waals surface area contributed by atoms with Gasteiger partial charge in [-0.25, -0.2) is 9.78 Å². The van der Waals surface area contributed by atoms with Crippen LogP contribution in [0.5, 0.6) is 0 Å². The molecule has 0 fully saturated rings. The fourth-order valence-corrected chi connectivity index (χ4v) is 3.16. The van der Waals surface area contributed by atoms with Crippen molar-refractivity contribution in [1.82, 2.24) is 4.98 Å². The number of hydrogen-bond donors (Lipinski definition) is 1. The number of amides is 1. The highest BCUT2D eigenvalue weighted by Crippen LogP contribution is 2.24. The van der Waals surface area contributed by atoms with Crippen molar-refractivity contribution >= 4 is 29.3 Å². The highest BCUT2D eigenvalue weighted by atomic mass is 32.2. The van der Waals surface area contributed by atoms with Gasteiger partial charge in [0.25, 0.3) is 5.91 Å². The van der Waals surface area contributed by atoms with Crippen LogP contribution in [0, 0.1) is 6.92 Å². The van der Waals surface area contributed by atoms with E-state index >= 15 is 0 Å². The van der Waals surface area contributed by atoms with Gasteiger partial charge in [-0.2, -0.15) is 0 Å². The van der Waals surface area contributed by atoms with Gasteiger partial charge < -0.3 is 10.1 Å². The van der Waals surface area contributed by atoms with Gasteiger partial charge in [0.2, 0.25) is 6.10 Å². The number of carbonyl (C=O) groups excluding carboxylic acids is 2. The molecule has 1 aromatic heterocycles. The van der Waals surface area contributed by atoms with E-state index in [-0.39, 0.29) is 0 Å². The largest absolute Gasteiger partial charge is 0.444 e. The molecule has 0 aliphatic rings. The molecule has 0 unspecified atom stereocenters. The topological polar surface area (TPSA) is 68.3 Å². The molecule has 0 spiro atoms. The molecule has 3 rings (SSSR count). The van der Waals surface area contributed by atoms with Crippen molar-refractivity contribution in [2.24, 2.45) is 0 Å². The summed E-state index contributed by atoms with van der Waals surface area (Å²) in [4.78, 5) is 29.8. The molecular formula is C22H20N2O3S. The van der Waals surface area contributed by atoms with Crippen LogP contribution < -0.4 is 5.32 Å². The van der Waals surface area contributed by atoms with Gasteiger partial charge in [-0.05, 0) is 37.4 Å². The molecule has 6 heteroatoms. The Morgan fingerprint density at radius 2 is 1.71 bits per heavy atom. The van der Waals surface area contributed by atoms with E-state index < -0.39 is 18.0 Å². The lowest BCUT2D eigenvalue weighted by atomic mass is 10.1. The Morgan fingerprint density at radius 3 is 2.39 bits per heavy atom. The van der Waals surface area contributed by atoms with Crippen LogP contribution in [-0.2, 0) is 9.53 Å². The van der Waals surface area contributed by atoms with E-state index in [4.69, 9.17) is 4.74 Å². The minimum absolute atomic E-state index is 0.332. The zero-order valence-corrected chi connectivity index (χ0v) is 16.4. The van der Waals surface area contributed by atoms with Gasteiger partial charge >= 0.3 is 5.97 Å². The number of nitrogens with one attached hydrogen (secondary N) is 1. The van der Waals surface area contributed by atoms with Crippen LogP contribution in [0.2, 0.25) is 0 Å². The van der Waals surface area contributed by atoms with E-state index in [1.54, 1.807) is 42.6 Å². The van der Waals surface area contributed by atoms with Crippen molar-refractivity contribution in [2.75, 3.05) is 11.6 Å². The molecular weight excluding hydrogens is 372 g/mol. The van der Waals surface area contributed by atoms with Crippen LogP contribution in [0.25, 0.3) is 0 Å². The van der Waals surface area contributed by atoms with Gasteiger partial charge in [-0.1, -0.05) is 48.0 Å². The fraction of sp³-hybridized carbons (Fsp3) is 0.136. The molecule has 0 aliphatic carbocycles. The average molecular weight is 392 g/mol. The Morgan fingerprint density at radius 1 is 1.00 bits per heavy atom. The van der Waals surface area contributed by atoms with E-state index in [1.165, 1.54) is 11.8 Å². The lowest BCUT2D eigenvalue weighted by Gasteiger charge is -2.18. The van der Waals surface area contributed by atoms with Crippen LogP contribution in [0.1, 0.15) is 27.6 Å². The normalized spacial score (nSPS) is 11.5. The third-order valence-electron chi connectivity index (χ3n) is 4.07. The first-order chi connectivity index (χ1) is 13.6. The minimum atomic E-state index is -1.08. The maximum atomic E-state index is 12.9. The van der Waals surface area contributed by atoms with Crippen LogP contribution in [-0.4, -0.2) is 23.1 Å². The molecule has 1 N–H and O–H groups in total. The molecule has 0 radical (unpaired) electrons. The number of pyridine rings is 1. The summed E-state index contributed by atoms with van der Waals surface area (Å²) in [5, 5.41) is 3.37. The zero-order valence-electron chi connectivity index (χ0n) is 15.6. The summed E-state index contributed by atoms with van der Waals surface area (Å²) < 4.78 is 5.62. The number of aromatic nitrogens is 1. The third-order valence-corrected chi connectivity index (χ3v) is 4.78. The summed E-state index contributed by atoms with van der Waals surface area (Å²) in [5.41, 5.74) is 2.65. The summed E-state index contributed by atoms with van der Waals surface area (Å²) >= 11 is 1.35. The van der Waals surface area contributed by atoms with Gasteiger partial charge in [0, 0.05) is 17.4 Å². The van der Waals surface area contributed by atoms with Gasteiger partial charge in [-0.15, -0.1) is 11.8 Å². The second-order valence-corrected chi connectivity index (χ2v) is 6.91. The standard InChI is InChI=1S/C22H20N2O3S/c1-15-10-12-17(13-11-15)24-20(25)19(16-7-4-3-5-8-16)27-22(26)18-9-6-14-23-21(18)28-2/h3-14,19H,1-2H3,(H,24,25)/t19-/m0/s1. The van der Waals surface area contributed by atoms with Crippen LogP contribution >= 0.6 is 11.8 Å². The Bertz CT molecular complexity index is 959. The minimum Gasteiger partial charge on any atom is -0.444 e. The quantitative estimate of drug-likeness (QED) is 0.489. The maximum absolute atomic E-state index is 12.9. The zero-order chi connectivity index (χ0) is 19.9.